The van der Waals surface area contributed by atoms with Gasteiger partial charge < -0.3 is 15.0 Å². The molecule has 2 aliphatic heterocycles. The number of halogens is 2. The monoisotopic (exact) mass is 337 g/mol. The molecule has 1 unspecified atom stereocenters. The van der Waals surface area contributed by atoms with E-state index in [-0.39, 0.29) is 11.2 Å². The Morgan fingerprint density at radius 2 is 2.25 bits per heavy atom. The molecular formula is C18H25F2N3O. The Morgan fingerprint density at radius 1 is 1.38 bits per heavy atom. The van der Waals surface area contributed by atoms with Crippen LogP contribution >= 0.6 is 0 Å². The zero-order chi connectivity index (χ0) is 17.0. The number of benzene rings is 1. The van der Waals surface area contributed by atoms with Crippen LogP contribution in [0.2, 0.25) is 0 Å². The van der Waals surface area contributed by atoms with E-state index in [9.17, 15) is 8.78 Å². The Morgan fingerprint density at radius 3 is 3.00 bits per heavy atom. The molecule has 1 aromatic rings. The minimum Gasteiger partial charge on any atom is -0.381 e. The van der Waals surface area contributed by atoms with Crippen molar-refractivity contribution in [3.63, 3.8) is 0 Å². The highest BCUT2D eigenvalue weighted by molar-refractivity contribution is 5.80. The summed E-state index contributed by atoms with van der Waals surface area (Å²) in [5, 5.41) is 3.31. The van der Waals surface area contributed by atoms with Gasteiger partial charge in [-0.3, -0.25) is 4.99 Å². The fourth-order valence-electron chi connectivity index (χ4n) is 3.53. The number of aliphatic imine (C=N–C) groups is 1. The van der Waals surface area contributed by atoms with E-state index in [1.807, 2.05) is 6.92 Å². The van der Waals surface area contributed by atoms with Crippen LogP contribution in [0.4, 0.5) is 8.78 Å². The number of likely N-dealkylation sites (tertiary alicyclic amines) is 1. The maximum Gasteiger partial charge on any atom is 0.193 e. The Hall–Kier alpha value is -1.69. The summed E-state index contributed by atoms with van der Waals surface area (Å²) in [7, 11) is 0. The molecular weight excluding hydrogens is 312 g/mol. The average Bonchev–Trinajstić information content (AvgIpc) is 3.20. The molecule has 132 valence electrons. The van der Waals surface area contributed by atoms with E-state index < -0.39 is 5.82 Å². The highest BCUT2D eigenvalue weighted by Gasteiger charge is 2.42. The Labute approximate surface area is 141 Å². The zero-order valence-electron chi connectivity index (χ0n) is 14.2. The van der Waals surface area contributed by atoms with Crippen molar-refractivity contribution in [2.75, 3.05) is 39.4 Å². The third-order valence-corrected chi connectivity index (χ3v) is 4.91. The molecule has 0 bridgehead atoms. The van der Waals surface area contributed by atoms with Crippen molar-refractivity contribution in [3.8, 4) is 0 Å². The van der Waals surface area contributed by atoms with E-state index in [0.717, 1.165) is 57.7 Å². The van der Waals surface area contributed by atoms with Gasteiger partial charge in [0.15, 0.2) is 5.96 Å². The first kappa shape index (κ1) is 17.1. The first-order valence-corrected chi connectivity index (χ1v) is 8.67. The number of hydrogen-bond donors (Lipinski definition) is 1. The Balaban J connectivity index is 1.62. The molecule has 2 saturated heterocycles. The normalized spacial score (nSPS) is 24.1. The lowest BCUT2D eigenvalue weighted by Crippen LogP contribution is -2.41. The van der Waals surface area contributed by atoms with E-state index in [1.54, 1.807) is 0 Å². The molecule has 0 amide bonds. The van der Waals surface area contributed by atoms with Crippen LogP contribution in [0, 0.1) is 17.0 Å². The molecule has 0 aromatic heterocycles. The molecule has 2 heterocycles. The molecule has 24 heavy (non-hydrogen) atoms. The first-order chi connectivity index (χ1) is 11.6. The standard InChI is InChI=1S/C18H25F2N3O/c1-2-21-17(23-9-6-18(12-23)7-10-24-13-18)22-8-5-14-11-15(19)3-4-16(14)20/h3-4,11H,2,5-10,12-13H2,1H3,(H,21,22). The molecule has 1 atom stereocenters. The number of nitrogens with one attached hydrogen (secondary N) is 1. The molecule has 2 fully saturated rings. The lowest BCUT2D eigenvalue weighted by molar-refractivity contribution is 0.156. The van der Waals surface area contributed by atoms with Crippen LogP contribution in [-0.4, -0.2) is 50.3 Å². The van der Waals surface area contributed by atoms with Gasteiger partial charge in [-0.1, -0.05) is 0 Å². The summed E-state index contributed by atoms with van der Waals surface area (Å²) in [6.45, 7) is 6.84. The Kier molecular flexibility index (Phi) is 5.33. The van der Waals surface area contributed by atoms with Crippen molar-refractivity contribution in [3.05, 3.63) is 35.4 Å². The van der Waals surface area contributed by atoms with Crippen molar-refractivity contribution in [2.24, 2.45) is 10.4 Å². The second kappa shape index (κ2) is 7.47. The summed E-state index contributed by atoms with van der Waals surface area (Å²) < 4.78 is 32.5. The highest BCUT2D eigenvalue weighted by atomic mass is 19.1. The van der Waals surface area contributed by atoms with Crippen LogP contribution in [0.5, 0.6) is 0 Å². The topological polar surface area (TPSA) is 36.9 Å². The Bertz CT molecular complexity index is 600. The van der Waals surface area contributed by atoms with E-state index in [4.69, 9.17) is 4.74 Å². The third-order valence-electron chi connectivity index (χ3n) is 4.91. The third kappa shape index (κ3) is 3.86. The minimum atomic E-state index is -0.412. The SMILES string of the molecule is CCNC(=NCCc1cc(F)ccc1F)N1CCC2(CCOC2)C1. The van der Waals surface area contributed by atoms with Gasteiger partial charge in [0.1, 0.15) is 11.6 Å². The zero-order valence-corrected chi connectivity index (χ0v) is 14.2. The van der Waals surface area contributed by atoms with E-state index >= 15 is 0 Å². The molecule has 0 aliphatic carbocycles. The van der Waals surface area contributed by atoms with Crippen LogP contribution in [0.25, 0.3) is 0 Å². The first-order valence-electron chi connectivity index (χ1n) is 8.67. The molecule has 3 rings (SSSR count). The molecule has 1 N–H and O–H groups in total. The summed E-state index contributed by atoms with van der Waals surface area (Å²) in [5.41, 5.74) is 0.641. The highest BCUT2D eigenvalue weighted by Crippen LogP contribution is 2.38. The second-order valence-corrected chi connectivity index (χ2v) is 6.70. The van der Waals surface area contributed by atoms with E-state index in [1.165, 1.54) is 12.1 Å². The van der Waals surface area contributed by atoms with Gasteiger partial charge in [-0.2, -0.15) is 0 Å². The van der Waals surface area contributed by atoms with Crippen LogP contribution in [-0.2, 0) is 11.2 Å². The number of rotatable bonds is 4. The van der Waals surface area contributed by atoms with Gasteiger partial charge in [0.05, 0.1) is 6.61 Å². The predicted octanol–water partition coefficient (Wildman–Crippen LogP) is 2.59. The summed E-state index contributed by atoms with van der Waals surface area (Å²) >= 11 is 0. The van der Waals surface area contributed by atoms with E-state index in [2.05, 4.69) is 15.2 Å². The van der Waals surface area contributed by atoms with Crippen LogP contribution < -0.4 is 5.32 Å². The molecule has 0 radical (unpaired) electrons. The van der Waals surface area contributed by atoms with Crippen LogP contribution in [0.3, 0.4) is 0 Å². The molecule has 2 aliphatic rings. The number of hydrogen-bond acceptors (Lipinski definition) is 2. The van der Waals surface area contributed by atoms with Gasteiger partial charge in [0.2, 0.25) is 0 Å². The lowest BCUT2D eigenvalue weighted by Gasteiger charge is -2.25. The lowest BCUT2D eigenvalue weighted by atomic mass is 9.87. The maximum absolute atomic E-state index is 13.7. The van der Waals surface area contributed by atoms with Crippen molar-refractivity contribution in [2.45, 2.75) is 26.2 Å². The van der Waals surface area contributed by atoms with Crippen LogP contribution in [0.1, 0.15) is 25.3 Å². The van der Waals surface area contributed by atoms with Gasteiger partial charge in [-0.05, 0) is 49.9 Å². The van der Waals surface area contributed by atoms with Gasteiger partial charge in [-0.25, -0.2) is 8.78 Å². The van der Waals surface area contributed by atoms with Crippen molar-refractivity contribution in [1.29, 1.82) is 0 Å². The molecule has 1 aromatic carbocycles. The molecule has 0 saturated carbocycles. The summed E-state index contributed by atoms with van der Waals surface area (Å²) in [6.07, 6.45) is 2.62. The predicted molar refractivity (Wildman–Crippen MR) is 90.1 cm³/mol. The van der Waals surface area contributed by atoms with Crippen molar-refractivity contribution >= 4 is 5.96 Å². The van der Waals surface area contributed by atoms with E-state index in [0.29, 0.717) is 18.5 Å². The fraction of sp³-hybridized carbons (Fsp3) is 0.611. The largest absolute Gasteiger partial charge is 0.381 e. The van der Waals surface area contributed by atoms with Crippen molar-refractivity contribution < 1.29 is 13.5 Å². The fourth-order valence-corrected chi connectivity index (χ4v) is 3.53. The van der Waals surface area contributed by atoms with Crippen LogP contribution in [0.15, 0.2) is 23.2 Å². The minimum absolute atomic E-state index is 0.269. The smallest absolute Gasteiger partial charge is 0.193 e. The molecule has 1 spiro atoms. The molecule has 4 nitrogen and oxygen atoms in total. The van der Waals surface area contributed by atoms with Gasteiger partial charge in [0.25, 0.3) is 0 Å². The number of ether oxygens (including phenoxy) is 1. The summed E-state index contributed by atoms with van der Waals surface area (Å²) in [4.78, 5) is 6.88. The summed E-state index contributed by atoms with van der Waals surface area (Å²) in [6, 6.07) is 3.56. The average molecular weight is 337 g/mol. The van der Waals surface area contributed by atoms with Gasteiger partial charge in [0, 0.05) is 38.2 Å². The van der Waals surface area contributed by atoms with Crippen molar-refractivity contribution in [1.82, 2.24) is 10.2 Å². The van der Waals surface area contributed by atoms with Gasteiger partial charge in [-0.15, -0.1) is 0 Å². The molecule has 6 heteroatoms. The number of guanidine groups is 1. The van der Waals surface area contributed by atoms with Gasteiger partial charge >= 0.3 is 0 Å². The second-order valence-electron chi connectivity index (χ2n) is 6.70. The summed E-state index contributed by atoms with van der Waals surface area (Å²) in [5.74, 6) is 0.0721. The number of nitrogens with zero attached hydrogens (tertiary/aromatic N) is 2. The quantitative estimate of drug-likeness (QED) is 0.678. The maximum atomic E-state index is 13.7.